The predicted octanol–water partition coefficient (Wildman–Crippen LogP) is 32.5. The smallest absolute Gasteiger partial charge is 0.0125 e. The summed E-state index contributed by atoms with van der Waals surface area (Å²) in [6.07, 6.45) is 0. The Morgan fingerprint density at radius 2 is 0.447 bits per heavy atom. The largest absolute Gasteiger partial charge is 0.0622 e. The molecule has 16 aromatic carbocycles. The van der Waals surface area contributed by atoms with E-state index in [2.05, 4.69) is 499 Å². The first-order chi connectivity index (χ1) is 54.9. The van der Waals surface area contributed by atoms with Crippen molar-refractivity contribution in [3.8, 4) is 111 Å². The van der Waals surface area contributed by atoms with Gasteiger partial charge in [-0.1, -0.05) is 429 Å². The van der Waals surface area contributed by atoms with Gasteiger partial charge in [0, 0.05) is 0 Å². The van der Waals surface area contributed by atoms with Gasteiger partial charge in [-0.3, -0.25) is 0 Å². The summed E-state index contributed by atoms with van der Waals surface area (Å²) >= 11 is 0. The number of hydrogen-bond donors (Lipinski definition) is 0. The first kappa shape index (κ1) is 82.5. The summed E-state index contributed by atoms with van der Waals surface area (Å²) in [7, 11) is 0. The van der Waals surface area contributed by atoms with Gasteiger partial charge in [0.1, 0.15) is 0 Å². The lowest BCUT2D eigenvalue weighted by Gasteiger charge is -2.22. The molecule has 0 nitrogen and oxygen atoms in total. The van der Waals surface area contributed by atoms with Crippen LogP contribution in [0.25, 0.3) is 111 Å². The van der Waals surface area contributed by atoms with Crippen LogP contribution in [0, 0.1) is 69.2 Å². The highest BCUT2D eigenvalue weighted by molar-refractivity contribution is 5.81. The predicted molar refractivity (Wildman–Crippen MR) is 498 cm³/mol. The highest BCUT2D eigenvalue weighted by Gasteiger charge is 2.19. The molecular weight excluding hydrogens is 1370 g/mol. The van der Waals surface area contributed by atoms with E-state index in [1.807, 2.05) is 0 Å². The minimum absolute atomic E-state index is 0.209. The number of hydrogen-bond acceptors (Lipinski definition) is 0. The third kappa shape index (κ3) is 22.4. The Labute approximate surface area is 683 Å². The maximum atomic E-state index is 2.34. The second-order valence-electron chi connectivity index (χ2n) is 32.3. The van der Waals surface area contributed by atoms with Crippen LogP contribution >= 0.6 is 0 Å². The van der Waals surface area contributed by atoms with Crippen molar-refractivity contribution < 1.29 is 0 Å². The maximum Gasteiger partial charge on any atom is -0.0125 e. The van der Waals surface area contributed by atoms with Gasteiger partial charge in [0.25, 0.3) is 0 Å². The van der Waals surface area contributed by atoms with Gasteiger partial charge in [-0.25, -0.2) is 0 Å². The normalized spacial score (nSPS) is 10.8. The molecule has 568 valence electrons. The Hall–Kier alpha value is -12.5. The average Bonchev–Trinajstić information content (AvgIpc) is 0.804. The minimum atomic E-state index is 0.209. The molecular formula is C114H112. The van der Waals surface area contributed by atoms with Crippen LogP contribution in [-0.4, -0.2) is 0 Å². The average molecular weight is 1480 g/mol. The number of aryl methyl sites for hydroxylation is 9. The highest BCUT2D eigenvalue weighted by atomic mass is 14.2. The number of benzene rings is 16. The Morgan fingerprint density at radius 3 is 0.816 bits per heavy atom. The van der Waals surface area contributed by atoms with Crippen LogP contribution in [0.2, 0.25) is 0 Å². The summed E-state index contributed by atoms with van der Waals surface area (Å²) in [4.78, 5) is 0. The molecule has 0 aliphatic carbocycles. The zero-order valence-corrected chi connectivity index (χ0v) is 70.0. The molecule has 0 aliphatic heterocycles. The molecule has 16 rings (SSSR count). The maximum absolute atomic E-state index is 2.34. The summed E-state index contributed by atoms with van der Waals surface area (Å²) < 4.78 is 0. The SMILES string of the molecule is Cc1c(-c2ccccc2)cccc1-c1ccccc1.Cc1cc(-c2ccccc2)cc(-c2ccccc2)c1.Cc1cc(-c2ccccc2)ccc1-c1ccccc1.Cc1ccc(-c2c(C)cc(C(C)(C)C)cc2C)cc1.Cc1ccc(-c2ccccc2)cc1-c1ccccc1.Cc1cccc(-c2c(C)cc(C(C)(C)C)cc2C)c1. The molecule has 0 atom stereocenters. The van der Waals surface area contributed by atoms with E-state index in [-0.39, 0.29) is 10.8 Å². The molecule has 0 bridgehead atoms. The van der Waals surface area contributed by atoms with E-state index in [1.165, 1.54) is 178 Å². The van der Waals surface area contributed by atoms with Gasteiger partial charge >= 0.3 is 0 Å². The Kier molecular flexibility index (Phi) is 28.3. The zero-order valence-electron chi connectivity index (χ0n) is 70.0. The molecule has 0 radical (unpaired) electrons. The quantitative estimate of drug-likeness (QED) is 0.128. The van der Waals surface area contributed by atoms with Crippen LogP contribution in [0.15, 0.2) is 388 Å². The molecule has 0 N–H and O–H groups in total. The lowest BCUT2D eigenvalue weighted by atomic mass is 9.82. The first-order valence-corrected chi connectivity index (χ1v) is 40.2. The van der Waals surface area contributed by atoms with E-state index < -0.39 is 0 Å². The van der Waals surface area contributed by atoms with Crippen molar-refractivity contribution in [1.82, 2.24) is 0 Å². The summed E-state index contributed by atoms with van der Waals surface area (Å²) in [5, 5.41) is 0. The van der Waals surface area contributed by atoms with Gasteiger partial charge in [0.05, 0.1) is 0 Å². The molecule has 0 saturated carbocycles. The van der Waals surface area contributed by atoms with Crippen LogP contribution in [-0.2, 0) is 10.8 Å². The number of rotatable bonds is 10. The second-order valence-corrected chi connectivity index (χ2v) is 32.3. The Balaban J connectivity index is 0.000000135. The molecule has 0 aliphatic rings. The van der Waals surface area contributed by atoms with Crippen LogP contribution in [0.1, 0.15) is 108 Å². The molecule has 0 heteroatoms. The van der Waals surface area contributed by atoms with E-state index in [9.17, 15) is 0 Å². The van der Waals surface area contributed by atoms with Crippen molar-refractivity contribution in [2.24, 2.45) is 0 Å². The molecule has 16 aromatic rings. The molecule has 0 unspecified atom stereocenters. The van der Waals surface area contributed by atoms with Gasteiger partial charge in [-0.05, 0) is 259 Å². The molecule has 0 fully saturated rings. The van der Waals surface area contributed by atoms with E-state index in [0.717, 1.165) is 0 Å². The van der Waals surface area contributed by atoms with E-state index in [1.54, 1.807) is 0 Å². The Morgan fingerprint density at radius 1 is 0.149 bits per heavy atom. The van der Waals surface area contributed by atoms with Gasteiger partial charge in [0.15, 0.2) is 0 Å². The van der Waals surface area contributed by atoms with E-state index in [0.29, 0.717) is 0 Å². The topological polar surface area (TPSA) is 0 Å². The zero-order chi connectivity index (χ0) is 80.7. The van der Waals surface area contributed by atoms with Crippen molar-refractivity contribution in [2.75, 3.05) is 0 Å². The third-order valence-corrected chi connectivity index (χ3v) is 21.1. The van der Waals surface area contributed by atoms with Crippen molar-refractivity contribution in [1.29, 1.82) is 0 Å². The van der Waals surface area contributed by atoms with Crippen molar-refractivity contribution >= 4 is 0 Å². The fraction of sp³-hybridized carbons (Fsp3) is 0.158. The van der Waals surface area contributed by atoms with Crippen LogP contribution in [0.4, 0.5) is 0 Å². The third-order valence-electron chi connectivity index (χ3n) is 21.1. The standard InChI is InChI=1S/4C19H16.2C19H24/c1-15-18(16-9-4-2-5-10-16)13-8-14-19(15)17-11-6-3-7-12-17;1-15-12-18(16-8-4-2-5-9-16)14-19(13-15)17-10-6-3-7-11-17;1-15-14-18(16-8-4-2-5-9-16)12-13-19(15)17-10-6-3-7-11-17;1-15-12-13-18(16-8-4-2-5-9-16)14-19(15)17-10-6-3-7-11-17;1-13-7-9-16(10-8-13)18-14(2)11-17(12-15(18)3)19(4,5)6;1-13-8-7-9-16(10-13)18-14(2)11-17(12-15(18)3)19(4,5)6/h4*2-14H,1H3;2*7-12H,1-6H3. The highest BCUT2D eigenvalue weighted by Crippen LogP contribution is 2.38. The Bertz CT molecular complexity index is 5490. The fourth-order valence-electron chi connectivity index (χ4n) is 14.9. The molecule has 114 heavy (non-hydrogen) atoms. The minimum Gasteiger partial charge on any atom is -0.0622 e. The van der Waals surface area contributed by atoms with Crippen molar-refractivity contribution in [2.45, 2.75) is 122 Å². The fourth-order valence-corrected chi connectivity index (χ4v) is 14.9. The van der Waals surface area contributed by atoms with Crippen molar-refractivity contribution in [3.05, 3.63) is 455 Å². The molecule has 0 saturated heterocycles. The molecule has 0 amide bonds. The van der Waals surface area contributed by atoms with E-state index >= 15 is 0 Å². The summed E-state index contributed by atoms with van der Waals surface area (Å²) in [5.74, 6) is 0. The monoisotopic (exact) mass is 1480 g/mol. The van der Waals surface area contributed by atoms with Crippen LogP contribution in [0.3, 0.4) is 0 Å². The van der Waals surface area contributed by atoms with Gasteiger partial charge in [-0.2, -0.15) is 0 Å². The lowest BCUT2D eigenvalue weighted by molar-refractivity contribution is 0.589. The van der Waals surface area contributed by atoms with E-state index in [4.69, 9.17) is 0 Å². The summed E-state index contributed by atoms with van der Waals surface area (Å²) in [6.45, 7) is 35.5. The van der Waals surface area contributed by atoms with Crippen LogP contribution in [0.5, 0.6) is 0 Å². The lowest BCUT2D eigenvalue weighted by Crippen LogP contribution is -2.12. The summed E-state index contributed by atoms with van der Waals surface area (Å²) in [6, 6.07) is 138. The second kappa shape index (κ2) is 39.1. The first-order valence-electron chi connectivity index (χ1n) is 40.2. The molecule has 0 heterocycles. The van der Waals surface area contributed by atoms with Gasteiger partial charge in [0.2, 0.25) is 0 Å². The summed E-state index contributed by atoms with van der Waals surface area (Å²) in [5.41, 5.74) is 42.5. The molecule has 0 spiro atoms. The molecule has 0 aromatic heterocycles. The van der Waals surface area contributed by atoms with Crippen molar-refractivity contribution in [3.63, 3.8) is 0 Å². The van der Waals surface area contributed by atoms with Crippen LogP contribution < -0.4 is 0 Å². The van der Waals surface area contributed by atoms with Gasteiger partial charge < -0.3 is 0 Å². The van der Waals surface area contributed by atoms with Gasteiger partial charge in [-0.15, -0.1) is 0 Å².